The quantitative estimate of drug-likeness (QED) is 0.283. The molecule has 36 heavy (non-hydrogen) atoms. The molecule has 5 rings (SSSR count). The minimum absolute atomic E-state index is 0.00988. The molecule has 0 saturated carbocycles. The number of pyridine rings is 1. The Labute approximate surface area is 209 Å². The van der Waals surface area contributed by atoms with Crippen LogP contribution in [0.5, 0.6) is 0 Å². The normalized spacial score (nSPS) is 18.4. The molecule has 1 fully saturated rings. The minimum atomic E-state index is -3.69. The molecule has 10 nitrogen and oxygen atoms in total. The van der Waals surface area contributed by atoms with Crippen LogP contribution in [0.4, 0.5) is 5.82 Å². The fraction of sp³-hybridized carbons (Fsp3) is 0.280. The Morgan fingerprint density at radius 2 is 1.86 bits per heavy atom. The largest absolute Gasteiger partial charge is 0.382 e. The van der Waals surface area contributed by atoms with Crippen molar-refractivity contribution in [1.29, 1.82) is 5.41 Å². The van der Waals surface area contributed by atoms with Crippen molar-refractivity contribution in [2.45, 2.75) is 36.6 Å². The van der Waals surface area contributed by atoms with Crippen LogP contribution < -0.4 is 11.5 Å². The van der Waals surface area contributed by atoms with E-state index in [1.165, 1.54) is 4.52 Å². The molecule has 0 spiro atoms. The van der Waals surface area contributed by atoms with E-state index in [9.17, 15) is 8.42 Å². The van der Waals surface area contributed by atoms with Gasteiger partial charge in [-0.15, -0.1) is 0 Å². The molecule has 5 N–H and O–H groups in total. The highest BCUT2D eigenvalue weighted by atomic mass is 32.2. The van der Waals surface area contributed by atoms with E-state index in [0.717, 1.165) is 23.1 Å². The second kappa shape index (κ2) is 8.90. The van der Waals surface area contributed by atoms with Crippen molar-refractivity contribution in [1.82, 2.24) is 24.5 Å². The monoisotopic (exact) mass is 504 g/mol. The first-order chi connectivity index (χ1) is 17.1. The zero-order valence-electron chi connectivity index (χ0n) is 20.1. The van der Waals surface area contributed by atoms with Crippen molar-refractivity contribution in [3.05, 3.63) is 60.6 Å². The number of likely N-dealkylation sites (tertiary alicyclic amines) is 1. The predicted octanol–water partition coefficient (Wildman–Crippen LogP) is 2.91. The summed E-state index contributed by atoms with van der Waals surface area (Å²) in [6.07, 6.45) is 5.73. The summed E-state index contributed by atoms with van der Waals surface area (Å²) < 4.78 is 27.0. The van der Waals surface area contributed by atoms with Crippen molar-refractivity contribution in [3.8, 4) is 22.4 Å². The molecule has 0 aliphatic carbocycles. The number of nitrogen functional groups attached to an aromatic ring is 1. The summed E-state index contributed by atoms with van der Waals surface area (Å²) in [4.78, 5) is 11.3. The number of benzene rings is 1. The number of rotatable bonds is 4. The molecular weight excluding hydrogens is 476 g/mol. The Bertz CT molecular complexity index is 1550. The van der Waals surface area contributed by atoms with Crippen LogP contribution in [0.3, 0.4) is 0 Å². The summed E-state index contributed by atoms with van der Waals surface area (Å²) in [7, 11) is -3.69. The highest BCUT2D eigenvalue weighted by molar-refractivity contribution is 7.91. The smallest absolute Gasteiger partial charge is 0.188 e. The van der Waals surface area contributed by atoms with Gasteiger partial charge in [-0.25, -0.2) is 13.4 Å². The lowest BCUT2D eigenvalue weighted by Gasteiger charge is -2.38. The highest BCUT2D eigenvalue weighted by Crippen LogP contribution is 2.38. The number of sulfone groups is 1. The van der Waals surface area contributed by atoms with E-state index < -0.39 is 9.84 Å². The molecule has 11 heteroatoms. The third-order valence-electron chi connectivity index (χ3n) is 6.75. The summed E-state index contributed by atoms with van der Waals surface area (Å²) in [6.45, 7) is 2.51. The van der Waals surface area contributed by atoms with E-state index in [-0.39, 0.29) is 28.6 Å². The Hall–Kier alpha value is -3.99. The number of nitrogens with zero attached hydrogens (tertiary/aromatic N) is 5. The molecular formula is C25H28N8O2S. The fourth-order valence-corrected chi connectivity index (χ4v) is 6.05. The van der Waals surface area contributed by atoms with Gasteiger partial charge in [0.1, 0.15) is 10.7 Å². The molecule has 4 heterocycles. The first kappa shape index (κ1) is 23.7. The summed E-state index contributed by atoms with van der Waals surface area (Å²) in [5.74, 6) is -0.107. The lowest BCUT2D eigenvalue weighted by molar-refractivity contribution is 0.229. The summed E-state index contributed by atoms with van der Waals surface area (Å²) in [6, 6.07) is 13.7. The van der Waals surface area contributed by atoms with Gasteiger partial charge in [0.25, 0.3) is 0 Å². The molecule has 0 unspecified atom stereocenters. The van der Waals surface area contributed by atoms with E-state index >= 15 is 0 Å². The molecule has 0 amide bonds. The van der Waals surface area contributed by atoms with E-state index in [0.29, 0.717) is 36.3 Å². The summed E-state index contributed by atoms with van der Waals surface area (Å²) in [5.41, 5.74) is 16.4. The number of guanidine groups is 1. The highest BCUT2D eigenvalue weighted by Gasteiger charge is 2.34. The van der Waals surface area contributed by atoms with Crippen molar-refractivity contribution < 1.29 is 8.42 Å². The lowest BCUT2D eigenvalue weighted by Crippen LogP contribution is -2.47. The Morgan fingerprint density at radius 3 is 2.47 bits per heavy atom. The molecule has 1 aliphatic heterocycles. The fourth-order valence-electron chi connectivity index (χ4n) is 4.99. The molecule has 186 valence electrons. The van der Waals surface area contributed by atoms with Gasteiger partial charge >= 0.3 is 0 Å². The second-order valence-corrected chi connectivity index (χ2v) is 11.2. The number of fused-ring (bicyclic) bond motifs is 1. The van der Waals surface area contributed by atoms with Crippen molar-refractivity contribution in [2.24, 2.45) is 5.73 Å². The molecule has 3 aromatic heterocycles. The van der Waals surface area contributed by atoms with Crippen LogP contribution in [0.1, 0.15) is 31.4 Å². The van der Waals surface area contributed by atoms with Gasteiger partial charge in [-0.05, 0) is 25.8 Å². The van der Waals surface area contributed by atoms with Gasteiger partial charge in [0, 0.05) is 47.6 Å². The zero-order valence-corrected chi connectivity index (χ0v) is 20.9. The van der Waals surface area contributed by atoms with Crippen molar-refractivity contribution in [3.63, 3.8) is 0 Å². The van der Waals surface area contributed by atoms with Gasteiger partial charge in [0.15, 0.2) is 21.4 Å². The van der Waals surface area contributed by atoms with E-state index in [2.05, 4.69) is 10.1 Å². The summed E-state index contributed by atoms with van der Waals surface area (Å²) >= 11 is 0. The topological polar surface area (TPSA) is 156 Å². The Balaban J connectivity index is 1.61. The van der Waals surface area contributed by atoms with E-state index in [1.54, 1.807) is 12.4 Å². The van der Waals surface area contributed by atoms with E-state index in [4.69, 9.17) is 21.9 Å². The van der Waals surface area contributed by atoms with Crippen LogP contribution in [0.2, 0.25) is 0 Å². The van der Waals surface area contributed by atoms with Crippen molar-refractivity contribution in [2.75, 3.05) is 18.5 Å². The van der Waals surface area contributed by atoms with Crippen LogP contribution in [0.25, 0.3) is 28.0 Å². The van der Waals surface area contributed by atoms with Crippen LogP contribution in [-0.2, 0) is 9.84 Å². The molecule has 2 atom stereocenters. The molecule has 1 aromatic carbocycles. The van der Waals surface area contributed by atoms with Crippen molar-refractivity contribution >= 4 is 27.3 Å². The first-order valence-corrected chi connectivity index (χ1v) is 13.5. The van der Waals surface area contributed by atoms with Gasteiger partial charge in [0.2, 0.25) is 0 Å². The first-order valence-electron chi connectivity index (χ1n) is 11.6. The average molecular weight is 505 g/mol. The number of anilines is 1. The third kappa shape index (κ3) is 4.15. The van der Waals surface area contributed by atoms with Gasteiger partial charge in [-0.1, -0.05) is 36.4 Å². The number of piperidine rings is 1. The van der Waals surface area contributed by atoms with Crippen LogP contribution >= 0.6 is 0 Å². The van der Waals surface area contributed by atoms with Gasteiger partial charge in [0.05, 0.1) is 17.6 Å². The van der Waals surface area contributed by atoms with Gasteiger partial charge in [-0.3, -0.25) is 10.4 Å². The SMILES string of the molecule is C[C@H]1C[C@H](c2nc3c(-c4ccc(-c5ccccc5)nc4)cnn3c(N)c2S(C)(=O)=O)CCN1C(=N)N. The average Bonchev–Trinajstić information content (AvgIpc) is 3.28. The Morgan fingerprint density at radius 1 is 1.11 bits per heavy atom. The third-order valence-corrected chi connectivity index (χ3v) is 7.91. The molecule has 0 radical (unpaired) electrons. The Kier molecular flexibility index (Phi) is 5.87. The number of hydrogen-bond donors (Lipinski definition) is 3. The standard InChI is InChI=1S/C25H28N8O2S/c1-15-12-17(10-11-32(15)25(27)28)21-22(36(2,34)35)23(26)33-24(31-21)19(14-30-33)18-8-9-20(29-13-18)16-6-4-3-5-7-16/h3-9,13-15,17H,10-12,26H2,1-2H3,(H3,27,28)/t15-,17+/m0/s1. The lowest BCUT2D eigenvalue weighted by atomic mass is 9.88. The maximum atomic E-state index is 12.8. The summed E-state index contributed by atoms with van der Waals surface area (Å²) in [5, 5.41) is 12.2. The second-order valence-electron chi connectivity index (χ2n) is 9.22. The minimum Gasteiger partial charge on any atom is -0.382 e. The maximum Gasteiger partial charge on any atom is 0.188 e. The maximum absolute atomic E-state index is 12.8. The van der Waals surface area contributed by atoms with Gasteiger partial charge in [-0.2, -0.15) is 9.61 Å². The number of hydrogen-bond acceptors (Lipinski definition) is 7. The molecule has 1 saturated heterocycles. The predicted molar refractivity (Wildman–Crippen MR) is 139 cm³/mol. The van der Waals surface area contributed by atoms with Crippen LogP contribution in [0.15, 0.2) is 59.8 Å². The van der Waals surface area contributed by atoms with Crippen LogP contribution in [-0.4, -0.2) is 57.7 Å². The zero-order chi connectivity index (χ0) is 25.6. The number of nitrogens with one attached hydrogen (secondary N) is 1. The van der Waals surface area contributed by atoms with Gasteiger partial charge < -0.3 is 16.4 Å². The van der Waals surface area contributed by atoms with E-state index in [1.807, 2.05) is 54.3 Å². The molecule has 1 aliphatic rings. The number of aromatic nitrogens is 4. The molecule has 0 bridgehead atoms. The number of nitrogens with two attached hydrogens (primary N) is 2. The van der Waals surface area contributed by atoms with Crippen LogP contribution in [0, 0.1) is 5.41 Å². The molecule has 4 aromatic rings.